The fourth-order valence-corrected chi connectivity index (χ4v) is 2.82. The molecule has 1 amide bonds. The van der Waals surface area contributed by atoms with Crippen LogP contribution in [0.3, 0.4) is 0 Å². The van der Waals surface area contributed by atoms with E-state index in [1.807, 2.05) is 66.7 Å². The largest absolute Gasteiger partial charge is 0.345 e. The van der Waals surface area contributed by atoms with E-state index >= 15 is 0 Å². The average molecular weight is 381 g/mol. The first-order chi connectivity index (χ1) is 11.7. The quantitative estimate of drug-likeness (QED) is 0.716. The Labute approximate surface area is 149 Å². The Morgan fingerprint density at radius 1 is 0.917 bits per heavy atom. The van der Waals surface area contributed by atoms with E-state index in [0.29, 0.717) is 6.42 Å². The van der Waals surface area contributed by atoms with Crippen molar-refractivity contribution >= 4 is 21.8 Å². The lowest BCUT2D eigenvalue weighted by Gasteiger charge is -2.20. The van der Waals surface area contributed by atoms with Gasteiger partial charge in [-0.3, -0.25) is 9.78 Å². The number of rotatable bonds is 5. The number of hydrogen-bond acceptors (Lipinski definition) is 2. The van der Waals surface area contributed by atoms with Crippen molar-refractivity contribution in [2.24, 2.45) is 0 Å². The highest BCUT2D eigenvalue weighted by Gasteiger charge is 2.16. The van der Waals surface area contributed by atoms with Crippen molar-refractivity contribution in [1.82, 2.24) is 10.3 Å². The molecule has 3 rings (SSSR count). The maximum Gasteiger partial charge on any atom is 0.225 e. The molecule has 120 valence electrons. The SMILES string of the molecule is O=C(Cc1ccc(Br)cc1)NC(c1ccccc1)c1ccncc1. The van der Waals surface area contributed by atoms with Crippen LogP contribution in [0.2, 0.25) is 0 Å². The predicted molar refractivity (Wildman–Crippen MR) is 98.5 cm³/mol. The molecule has 0 fully saturated rings. The number of pyridine rings is 1. The molecule has 1 unspecified atom stereocenters. The second-order valence-electron chi connectivity index (χ2n) is 5.50. The Balaban J connectivity index is 1.79. The van der Waals surface area contributed by atoms with Gasteiger partial charge >= 0.3 is 0 Å². The highest BCUT2D eigenvalue weighted by Crippen LogP contribution is 2.21. The zero-order valence-electron chi connectivity index (χ0n) is 13.0. The first kappa shape index (κ1) is 16.4. The zero-order chi connectivity index (χ0) is 16.8. The fraction of sp³-hybridized carbons (Fsp3) is 0.100. The second-order valence-corrected chi connectivity index (χ2v) is 6.41. The minimum atomic E-state index is -0.183. The Morgan fingerprint density at radius 2 is 1.54 bits per heavy atom. The van der Waals surface area contributed by atoms with Crippen LogP contribution >= 0.6 is 15.9 Å². The summed E-state index contributed by atoms with van der Waals surface area (Å²) in [6, 6.07) is 21.4. The molecule has 0 aliphatic rings. The van der Waals surface area contributed by atoms with Crippen molar-refractivity contribution in [1.29, 1.82) is 0 Å². The first-order valence-electron chi connectivity index (χ1n) is 7.71. The van der Waals surface area contributed by atoms with Gasteiger partial charge in [0.25, 0.3) is 0 Å². The van der Waals surface area contributed by atoms with Crippen molar-refractivity contribution < 1.29 is 4.79 Å². The normalized spacial score (nSPS) is 11.7. The lowest BCUT2D eigenvalue weighted by atomic mass is 9.99. The summed E-state index contributed by atoms with van der Waals surface area (Å²) in [5, 5.41) is 3.13. The molecule has 0 bridgehead atoms. The van der Waals surface area contributed by atoms with Crippen LogP contribution in [-0.4, -0.2) is 10.9 Å². The van der Waals surface area contributed by atoms with E-state index < -0.39 is 0 Å². The average Bonchev–Trinajstić information content (AvgIpc) is 2.63. The summed E-state index contributed by atoms with van der Waals surface area (Å²) in [6.07, 6.45) is 3.83. The molecule has 0 saturated heterocycles. The van der Waals surface area contributed by atoms with Gasteiger partial charge in [-0.05, 0) is 41.0 Å². The molecular weight excluding hydrogens is 364 g/mol. The number of aromatic nitrogens is 1. The number of halogens is 1. The third kappa shape index (κ3) is 4.30. The van der Waals surface area contributed by atoms with Crippen molar-refractivity contribution in [3.8, 4) is 0 Å². The van der Waals surface area contributed by atoms with E-state index in [0.717, 1.165) is 21.2 Å². The Bertz CT molecular complexity index is 749. The molecular formula is C20H17BrN2O. The monoisotopic (exact) mass is 380 g/mol. The Kier molecular flexibility index (Phi) is 5.39. The summed E-state index contributed by atoms with van der Waals surface area (Å²) in [7, 11) is 0. The number of carbonyl (C=O) groups is 1. The molecule has 1 aromatic heterocycles. The lowest BCUT2D eigenvalue weighted by Crippen LogP contribution is -2.30. The van der Waals surface area contributed by atoms with Gasteiger partial charge in [-0.25, -0.2) is 0 Å². The molecule has 0 radical (unpaired) electrons. The predicted octanol–water partition coefficient (Wildman–Crippen LogP) is 4.29. The zero-order valence-corrected chi connectivity index (χ0v) is 14.6. The van der Waals surface area contributed by atoms with E-state index in [1.54, 1.807) is 12.4 Å². The van der Waals surface area contributed by atoms with Gasteiger partial charge in [0.1, 0.15) is 0 Å². The summed E-state index contributed by atoms with van der Waals surface area (Å²) in [6.45, 7) is 0. The van der Waals surface area contributed by atoms with Crippen LogP contribution in [0.25, 0.3) is 0 Å². The number of amides is 1. The maximum atomic E-state index is 12.5. The van der Waals surface area contributed by atoms with Crippen molar-refractivity contribution in [2.45, 2.75) is 12.5 Å². The third-order valence-corrected chi connectivity index (χ3v) is 4.28. The number of hydrogen-bond donors (Lipinski definition) is 1. The molecule has 0 aliphatic heterocycles. The fourth-order valence-electron chi connectivity index (χ4n) is 2.56. The van der Waals surface area contributed by atoms with Crippen LogP contribution in [-0.2, 0) is 11.2 Å². The molecule has 0 spiro atoms. The summed E-state index contributed by atoms with van der Waals surface area (Å²) < 4.78 is 1.01. The van der Waals surface area contributed by atoms with Gasteiger partial charge in [0.05, 0.1) is 12.5 Å². The van der Waals surface area contributed by atoms with Crippen molar-refractivity contribution in [2.75, 3.05) is 0 Å². The van der Waals surface area contributed by atoms with Gasteiger partial charge in [-0.2, -0.15) is 0 Å². The Hall–Kier alpha value is -2.46. The van der Waals surface area contributed by atoms with Crippen LogP contribution in [0.15, 0.2) is 83.6 Å². The lowest BCUT2D eigenvalue weighted by molar-refractivity contribution is -0.120. The summed E-state index contributed by atoms with van der Waals surface area (Å²) >= 11 is 3.41. The minimum absolute atomic E-state index is 0.0111. The molecule has 0 saturated carbocycles. The molecule has 4 heteroatoms. The summed E-state index contributed by atoms with van der Waals surface area (Å²) in [5.41, 5.74) is 3.05. The van der Waals surface area contributed by atoms with Crippen LogP contribution < -0.4 is 5.32 Å². The number of nitrogens with one attached hydrogen (secondary N) is 1. The molecule has 1 atom stereocenters. The van der Waals surface area contributed by atoms with Gasteiger partial charge in [-0.15, -0.1) is 0 Å². The van der Waals surface area contributed by atoms with Gasteiger partial charge in [0.15, 0.2) is 0 Å². The van der Waals surface area contributed by atoms with Crippen LogP contribution in [0.5, 0.6) is 0 Å². The minimum Gasteiger partial charge on any atom is -0.345 e. The molecule has 3 nitrogen and oxygen atoms in total. The van der Waals surface area contributed by atoms with Gasteiger partial charge in [0, 0.05) is 16.9 Å². The van der Waals surface area contributed by atoms with Crippen molar-refractivity contribution in [3.63, 3.8) is 0 Å². The van der Waals surface area contributed by atoms with E-state index in [1.165, 1.54) is 0 Å². The third-order valence-electron chi connectivity index (χ3n) is 3.76. The van der Waals surface area contributed by atoms with E-state index in [4.69, 9.17) is 0 Å². The molecule has 0 aliphatic carbocycles. The van der Waals surface area contributed by atoms with Crippen molar-refractivity contribution in [3.05, 3.63) is 100 Å². The topological polar surface area (TPSA) is 42.0 Å². The summed E-state index contributed by atoms with van der Waals surface area (Å²) in [5.74, 6) is -0.0111. The highest BCUT2D eigenvalue weighted by molar-refractivity contribution is 9.10. The first-order valence-corrected chi connectivity index (χ1v) is 8.50. The molecule has 1 heterocycles. The summed E-state index contributed by atoms with van der Waals surface area (Å²) in [4.78, 5) is 16.6. The van der Waals surface area contributed by atoms with E-state index in [-0.39, 0.29) is 11.9 Å². The van der Waals surface area contributed by atoms with E-state index in [9.17, 15) is 4.79 Å². The Morgan fingerprint density at radius 3 is 2.21 bits per heavy atom. The maximum absolute atomic E-state index is 12.5. The van der Waals surface area contributed by atoms with Crippen LogP contribution in [0, 0.1) is 0 Å². The number of nitrogens with zero attached hydrogens (tertiary/aromatic N) is 1. The highest BCUT2D eigenvalue weighted by atomic mass is 79.9. The molecule has 2 aromatic carbocycles. The standard InChI is InChI=1S/C20H17BrN2O/c21-18-8-6-15(7-9-18)14-19(24)23-20(16-4-2-1-3-5-16)17-10-12-22-13-11-17/h1-13,20H,14H2,(H,23,24). The molecule has 24 heavy (non-hydrogen) atoms. The van der Waals surface area contributed by atoms with Gasteiger partial charge in [0.2, 0.25) is 5.91 Å². The van der Waals surface area contributed by atoms with Gasteiger partial charge < -0.3 is 5.32 Å². The van der Waals surface area contributed by atoms with Crippen LogP contribution in [0.1, 0.15) is 22.7 Å². The van der Waals surface area contributed by atoms with Crippen LogP contribution in [0.4, 0.5) is 0 Å². The number of carbonyl (C=O) groups excluding carboxylic acids is 1. The smallest absolute Gasteiger partial charge is 0.225 e. The molecule has 1 N–H and O–H groups in total. The second kappa shape index (κ2) is 7.88. The van der Waals surface area contributed by atoms with Gasteiger partial charge in [-0.1, -0.05) is 58.4 Å². The number of benzene rings is 2. The van der Waals surface area contributed by atoms with E-state index in [2.05, 4.69) is 26.2 Å². The molecule has 3 aromatic rings.